The van der Waals surface area contributed by atoms with Crippen molar-refractivity contribution in [2.24, 2.45) is 5.73 Å². The van der Waals surface area contributed by atoms with Crippen LogP contribution in [0.25, 0.3) is 0 Å². The fourth-order valence-corrected chi connectivity index (χ4v) is 2.28. The Morgan fingerprint density at radius 1 is 1.29 bits per heavy atom. The molecule has 0 bridgehead atoms. The van der Waals surface area contributed by atoms with Crippen LogP contribution in [0.4, 0.5) is 0 Å². The number of hydrogen-bond acceptors (Lipinski definition) is 3. The van der Waals surface area contributed by atoms with E-state index in [9.17, 15) is 5.11 Å². The van der Waals surface area contributed by atoms with Crippen LogP contribution in [0.5, 0.6) is 0 Å². The molecule has 1 saturated carbocycles. The maximum Gasteiger partial charge on any atom is 0.0695 e. The van der Waals surface area contributed by atoms with E-state index in [-0.39, 0.29) is 6.10 Å². The first-order valence-corrected chi connectivity index (χ1v) is 5.84. The standard InChI is InChI=1S/C11H24N2O/c1-13(9-5-4-8-12)10-6-2-3-7-11(10)14/h10-11,14H,2-9,12H2,1H3. The van der Waals surface area contributed by atoms with Gasteiger partial charge in [-0.25, -0.2) is 0 Å². The Labute approximate surface area is 87.3 Å². The molecular weight excluding hydrogens is 176 g/mol. The Kier molecular flexibility index (Phi) is 5.45. The minimum Gasteiger partial charge on any atom is -0.391 e. The lowest BCUT2D eigenvalue weighted by Crippen LogP contribution is -2.43. The molecule has 1 aliphatic carbocycles. The quantitative estimate of drug-likeness (QED) is 0.650. The third kappa shape index (κ3) is 3.56. The third-order valence-corrected chi connectivity index (χ3v) is 3.23. The van der Waals surface area contributed by atoms with E-state index >= 15 is 0 Å². The van der Waals surface area contributed by atoms with Crippen LogP contribution in [0.3, 0.4) is 0 Å². The van der Waals surface area contributed by atoms with Gasteiger partial charge in [-0.05, 0) is 45.8 Å². The molecule has 2 unspecified atom stereocenters. The fourth-order valence-electron chi connectivity index (χ4n) is 2.28. The van der Waals surface area contributed by atoms with Crippen molar-refractivity contribution in [1.29, 1.82) is 0 Å². The average Bonchev–Trinajstić information content (AvgIpc) is 2.18. The maximum atomic E-state index is 9.83. The highest BCUT2D eigenvalue weighted by molar-refractivity contribution is 4.81. The van der Waals surface area contributed by atoms with Gasteiger partial charge in [0.1, 0.15) is 0 Å². The fraction of sp³-hybridized carbons (Fsp3) is 1.00. The summed E-state index contributed by atoms with van der Waals surface area (Å²) >= 11 is 0. The molecule has 0 heterocycles. The molecule has 0 aromatic rings. The van der Waals surface area contributed by atoms with E-state index in [1.165, 1.54) is 12.8 Å². The van der Waals surface area contributed by atoms with E-state index in [0.717, 1.165) is 38.8 Å². The highest BCUT2D eigenvalue weighted by Crippen LogP contribution is 2.22. The average molecular weight is 200 g/mol. The van der Waals surface area contributed by atoms with Crippen LogP contribution in [0, 0.1) is 0 Å². The minimum absolute atomic E-state index is 0.105. The number of hydrogen-bond donors (Lipinski definition) is 2. The lowest BCUT2D eigenvalue weighted by Gasteiger charge is -2.35. The summed E-state index contributed by atoms with van der Waals surface area (Å²) in [5.74, 6) is 0. The largest absolute Gasteiger partial charge is 0.391 e. The van der Waals surface area contributed by atoms with Crippen LogP contribution in [-0.4, -0.2) is 42.3 Å². The van der Waals surface area contributed by atoms with Gasteiger partial charge >= 0.3 is 0 Å². The van der Waals surface area contributed by atoms with Crippen LogP contribution in [0.15, 0.2) is 0 Å². The molecule has 0 aliphatic heterocycles. The second-order valence-corrected chi connectivity index (χ2v) is 4.40. The van der Waals surface area contributed by atoms with E-state index in [1.54, 1.807) is 0 Å². The summed E-state index contributed by atoms with van der Waals surface area (Å²) in [7, 11) is 2.12. The van der Waals surface area contributed by atoms with Crippen molar-refractivity contribution in [3.05, 3.63) is 0 Å². The van der Waals surface area contributed by atoms with Crippen molar-refractivity contribution in [1.82, 2.24) is 4.90 Å². The van der Waals surface area contributed by atoms with Gasteiger partial charge < -0.3 is 15.7 Å². The molecule has 0 aromatic heterocycles. The predicted octanol–water partition coefficient (Wildman–Crippen LogP) is 0.961. The Bertz CT molecular complexity index is 152. The number of aliphatic hydroxyl groups is 1. The highest BCUT2D eigenvalue weighted by atomic mass is 16.3. The molecule has 84 valence electrons. The molecule has 1 fully saturated rings. The monoisotopic (exact) mass is 200 g/mol. The van der Waals surface area contributed by atoms with Gasteiger partial charge in [-0.15, -0.1) is 0 Å². The van der Waals surface area contributed by atoms with Crippen molar-refractivity contribution < 1.29 is 5.11 Å². The molecular formula is C11H24N2O. The zero-order chi connectivity index (χ0) is 10.4. The normalized spacial score (nSPS) is 28.3. The van der Waals surface area contributed by atoms with Crippen molar-refractivity contribution in [3.8, 4) is 0 Å². The number of nitrogens with zero attached hydrogens (tertiary/aromatic N) is 1. The molecule has 1 aliphatic rings. The Morgan fingerprint density at radius 3 is 2.64 bits per heavy atom. The van der Waals surface area contributed by atoms with Crippen LogP contribution in [-0.2, 0) is 0 Å². The van der Waals surface area contributed by atoms with Gasteiger partial charge in [0.15, 0.2) is 0 Å². The first-order valence-electron chi connectivity index (χ1n) is 5.84. The maximum absolute atomic E-state index is 9.83. The van der Waals surface area contributed by atoms with Crippen LogP contribution < -0.4 is 5.73 Å². The van der Waals surface area contributed by atoms with Crippen molar-refractivity contribution in [2.45, 2.75) is 50.7 Å². The first-order chi connectivity index (χ1) is 6.75. The molecule has 0 amide bonds. The van der Waals surface area contributed by atoms with Gasteiger partial charge in [0.05, 0.1) is 6.10 Å². The van der Waals surface area contributed by atoms with Gasteiger partial charge in [0.25, 0.3) is 0 Å². The first kappa shape index (κ1) is 12.0. The second-order valence-electron chi connectivity index (χ2n) is 4.40. The number of unbranched alkanes of at least 4 members (excludes halogenated alkanes) is 1. The predicted molar refractivity (Wildman–Crippen MR) is 59.2 cm³/mol. The smallest absolute Gasteiger partial charge is 0.0695 e. The summed E-state index contributed by atoms with van der Waals surface area (Å²) in [6, 6.07) is 0.390. The highest BCUT2D eigenvalue weighted by Gasteiger charge is 2.25. The van der Waals surface area contributed by atoms with Gasteiger partial charge in [-0.2, -0.15) is 0 Å². The number of rotatable bonds is 5. The molecule has 3 heteroatoms. The summed E-state index contributed by atoms with van der Waals surface area (Å²) < 4.78 is 0. The Balaban J connectivity index is 2.23. The molecule has 0 saturated heterocycles. The van der Waals surface area contributed by atoms with Crippen molar-refractivity contribution >= 4 is 0 Å². The summed E-state index contributed by atoms with van der Waals surface area (Å²) in [6.45, 7) is 1.85. The topological polar surface area (TPSA) is 49.5 Å². The molecule has 0 spiro atoms. The molecule has 14 heavy (non-hydrogen) atoms. The van der Waals surface area contributed by atoms with E-state index < -0.39 is 0 Å². The van der Waals surface area contributed by atoms with Crippen molar-refractivity contribution in [3.63, 3.8) is 0 Å². The minimum atomic E-state index is -0.105. The van der Waals surface area contributed by atoms with E-state index in [0.29, 0.717) is 6.04 Å². The van der Waals surface area contributed by atoms with E-state index in [1.807, 2.05) is 0 Å². The van der Waals surface area contributed by atoms with Gasteiger partial charge in [0.2, 0.25) is 0 Å². The second kappa shape index (κ2) is 6.38. The molecule has 3 N–H and O–H groups in total. The molecule has 2 atom stereocenters. The number of likely N-dealkylation sites (N-methyl/N-ethyl adjacent to an activating group) is 1. The summed E-state index contributed by atoms with van der Waals surface area (Å²) in [4.78, 5) is 2.31. The zero-order valence-corrected chi connectivity index (χ0v) is 9.28. The molecule has 1 rings (SSSR count). The SMILES string of the molecule is CN(CCCCN)C1CCCCC1O. The van der Waals surface area contributed by atoms with Crippen LogP contribution >= 0.6 is 0 Å². The lowest BCUT2D eigenvalue weighted by molar-refractivity contribution is 0.0317. The van der Waals surface area contributed by atoms with E-state index in [2.05, 4.69) is 11.9 Å². The molecule has 0 aromatic carbocycles. The summed E-state index contributed by atoms with van der Waals surface area (Å²) in [6.07, 6.45) is 6.72. The molecule has 0 radical (unpaired) electrons. The molecule has 3 nitrogen and oxygen atoms in total. The summed E-state index contributed by atoms with van der Waals surface area (Å²) in [5.41, 5.74) is 5.45. The third-order valence-electron chi connectivity index (χ3n) is 3.23. The number of nitrogens with two attached hydrogens (primary N) is 1. The zero-order valence-electron chi connectivity index (χ0n) is 9.28. The Morgan fingerprint density at radius 2 is 2.00 bits per heavy atom. The van der Waals surface area contributed by atoms with Crippen molar-refractivity contribution in [2.75, 3.05) is 20.1 Å². The number of aliphatic hydroxyl groups excluding tert-OH is 1. The van der Waals surface area contributed by atoms with Gasteiger partial charge in [0, 0.05) is 6.04 Å². The van der Waals surface area contributed by atoms with Crippen LogP contribution in [0.1, 0.15) is 38.5 Å². The van der Waals surface area contributed by atoms with Crippen LogP contribution in [0.2, 0.25) is 0 Å². The van der Waals surface area contributed by atoms with Gasteiger partial charge in [-0.1, -0.05) is 12.8 Å². The summed E-state index contributed by atoms with van der Waals surface area (Å²) in [5, 5.41) is 9.83. The van der Waals surface area contributed by atoms with Gasteiger partial charge in [-0.3, -0.25) is 0 Å². The van der Waals surface area contributed by atoms with E-state index in [4.69, 9.17) is 5.73 Å². The Hall–Kier alpha value is -0.120. The lowest BCUT2D eigenvalue weighted by atomic mass is 9.91.